The van der Waals surface area contributed by atoms with Crippen molar-refractivity contribution in [2.45, 2.75) is 110 Å². The molecule has 3 fully saturated rings. The lowest BCUT2D eigenvalue weighted by Gasteiger charge is -2.51. The number of esters is 1. The number of fused-ring (bicyclic) bond motifs is 1. The average Bonchev–Trinajstić information content (AvgIpc) is 2.85. The first-order valence-electron chi connectivity index (χ1n) is 13.8. The van der Waals surface area contributed by atoms with Crippen LogP contribution < -0.4 is 5.32 Å². The Hall–Kier alpha value is -2.20. The van der Waals surface area contributed by atoms with Crippen LogP contribution in [0.2, 0.25) is 0 Å². The lowest BCUT2D eigenvalue weighted by molar-refractivity contribution is -0.374. The summed E-state index contributed by atoms with van der Waals surface area (Å²) in [5, 5.41) is 2.89. The molecule has 3 aliphatic rings. The van der Waals surface area contributed by atoms with Crippen LogP contribution in [-0.4, -0.2) is 61.2 Å². The molecule has 0 spiro atoms. The van der Waals surface area contributed by atoms with Crippen LogP contribution in [0.1, 0.15) is 66.4 Å². The summed E-state index contributed by atoms with van der Waals surface area (Å²) in [7, 11) is 0. The van der Waals surface area contributed by atoms with Gasteiger partial charge < -0.3 is 33.7 Å². The number of carbonyl (C=O) groups excluding carboxylic acids is 2. The summed E-state index contributed by atoms with van der Waals surface area (Å²) in [6.07, 6.45) is -0.549. The minimum Gasteiger partial charge on any atom is -0.457 e. The fourth-order valence-corrected chi connectivity index (χ4v) is 5.77. The standard InChI is InChI=1S/C29H43NO8/c1-17(2)21-13-12-18(3)14-22(21)36-27-24(30-28(32)33-15-20-10-8-7-9-11-20)26(35-19(4)31)25-23(37-27)16-34-29(5,6)38-25/h7-11,17-18,21-27H,12-16H2,1-6H3,(H,30,32)/t18-,21+,22-,23-,24+,25-,26-,27+/m1/s1. The maximum absolute atomic E-state index is 13.0. The van der Waals surface area contributed by atoms with Crippen molar-refractivity contribution in [3.05, 3.63) is 35.9 Å². The highest BCUT2D eigenvalue weighted by molar-refractivity contribution is 5.68. The Morgan fingerprint density at radius 1 is 1.16 bits per heavy atom. The Kier molecular flexibility index (Phi) is 9.34. The van der Waals surface area contributed by atoms with Crippen LogP contribution in [0, 0.1) is 17.8 Å². The first-order valence-corrected chi connectivity index (χ1v) is 13.8. The van der Waals surface area contributed by atoms with Gasteiger partial charge in [-0.15, -0.1) is 0 Å². The number of hydrogen-bond donors (Lipinski definition) is 1. The van der Waals surface area contributed by atoms with Crippen molar-refractivity contribution >= 4 is 12.1 Å². The lowest BCUT2D eigenvalue weighted by Crippen LogP contribution is -2.69. The first-order chi connectivity index (χ1) is 18.0. The zero-order valence-corrected chi connectivity index (χ0v) is 23.4. The topological polar surface area (TPSA) is 102 Å². The molecule has 0 radical (unpaired) electrons. The quantitative estimate of drug-likeness (QED) is 0.509. The van der Waals surface area contributed by atoms with Crippen molar-refractivity contribution in [3.63, 3.8) is 0 Å². The molecule has 1 aromatic carbocycles. The molecule has 9 heteroatoms. The number of alkyl carbamates (subject to hydrolysis) is 1. The Morgan fingerprint density at radius 3 is 2.58 bits per heavy atom. The molecule has 8 atom stereocenters. The van der Waals surface area contributed by atoms with Crippen molar-refractivity contribution < 1.29 is 38.0 Å². The number of rotatable bonds is 7. The molecule has 0 bridgehead atoms. The van der Waals surface area contributed by atoms with E-state index in [1.807, 2.05) is 30.3 Å². The van der Waals surface area contributed by atoms with Crippen LogP contribution in [-0.2, 0) is 39.8 Å². The van der Waals surface area contributed by atoms with E-state index in [9.17, 15) is 9.59 Å². The van der Waals surface area contributed by atoms with Gasteiger partial charge in [-0.1, -0.05) is 57.5 Å². The Morgan fingerprint density at radius 2 is 1.89 bits per heavy atom. The van der Waals surface area contributed by atoms with Crippen LogP contribution in [0.15, 0.2) is 30.3 Å². The van der Waals surface area contributed by atoms with Crippen molar-refractivity contribution in [1.82, 2.24) is 5.32 Å². The highest BCUT2D eigenvalue weighted by Gasteiger charge is 2.55. The van der Waals surface area contributed by atoms with Gasteiger partial charge in [-0.05, 0) is 50.0 Å². The third kappa shape index (κ3) is 7.25. The number of ether oxygens (including phenoxy) is 6. The summed E-state index contributed by atoms with van der Waals surface area (Å²) in [6, 6.07) is 8.58. The van der Waals surface area contributed by atoms with Crippen LogP contribution in [0.5, 0.6) is 0 Å². The molecule has 2 saturated heterocycles. The number of nitrogens with one attached hydrogen (secondary N) is 1. The Bertz CT molecular complexity index is 938. The predicted octanol–water partition coefficient (Wildman–Crippen LogP) is 4.57. The molecule has 1 aromatic rings. The molecule has 212 valence electrons. The van der Waals surface area contributed by atoms with E-state index >= 15 is 0 Å². The van der Waals surface area contributed by atoms with Gasteiger partial charge in [0.2, 0.25) is 0 Å². The highest BCUT2D eigenvalue weighted by Crippen LogP contribution is 2.39. The van der Waals surface area contributed by atoms with Crippen molar-refractivity contribution in [3.8, 4) is 0 Å². The minimum absolute atomic E-state index is 0.0650. The van der Waals surface area contributed by atoms with Gasteiger partial charge in [-0.3, -0.25) is 4.79 Å². The molecule has 1 N–H and O–H groups in total. The van der Waals surface area contributed by atoms with E-state index < -0.39 is 48.5 Å². The molecular formula is C29H43NO8. The van der Waals surface area contributed by atoms with Crippen molar-refractivity contribution in [1.29, 1.82) is 0 Å². The average molecular weight is 534 g/mol. The molecule has 0 aromatic heterocycles. The maximum Gasteiger partial charge on any atom is 0.407 e. The van der Waals surface area contributed by atoms with Crippen LogP contribution in [0.25, 0.3) is 0 Å². The van der Waals surface area contributed by atoms with E-state index in [0.29, 0.717) is 17.8 Å². The van der Waals surface area contributed by atoms with Crippen LogP contribution in [0.4, 0.5) is 4.79 Å². The minimum atomic E-state index is -0.906. The molecule has 1 aliphatic carbocycles. The van der Waals surface area contributed by atoms with Crippen molar-refractivity contribution in [2.24, 2.45) is 17.8 Å². The van der Waals surface area contributed by atoms with Gasteiger partial charge in [-0.2, -0.15) is 0 Å². The van der Waals surface area contributed by atoms with Gasteiger partial charge >= 0.3 is 12.1 Å². The summed E-state index contributed by atoms with van der Waals surface area (Å²) in [5.74, 6) is -0.102. The van der Waals surface area contributed by atoms with E-state index in [1.54, 1.807) is 13.8 Å². The predicted molar refractivity (Wildman–Crippen MR) is 139 cm³/mol. The number of benzene rings is 1. The zero-order valence-electron chi connectivity index (χ0n) is 23.4. The summed E-state index contributed by atoms with van der Waals surface area (Å²) in [6.45, 7) is 11.9. The van der Waals surface area contributed by atoms with E-state index in [2.05, 4.69) is 26.1 Å². The molecule has 0 unspecified atom stereocenters. The smallest absolute Gasteiger partial charge is 0.407 e. The summed E-state index contributed by atoms with van der Waals surface area (Å²) in [5.41, 5.74) is 0.859. The molecule has 1 saturated carbocycles. The van der Waals surface area contributed by atoms with Gasteiger partial charge in [0.25, 0.3) is 0 Å². The molecule has 9 nitrogen and oxygen atoms in total. The molecule has 2 aliphatic heterocycles. The van der Waals surface area contributed by atoms with E-state index in [-0.39, 0.29) is 19.3 Å². The van der Waals surface area contributed by atoms with Crippen LogP contribution >= 0.6 is 0 Å². The normalized spacial score (nSPS) is 34.7. The monoisotopic (exact) mass is 533 g/mol. The molecule has 2 heterocycles. The van der Waals surface area contributed by atoms with Gasteiger partial charge in [0.15, 0.2) is 18.2 Å². The summed E-state index contributed by atoms with van der Waals surface area (Å²) < 4.78 is 36.4. The fourth-order valence-electron chi connectivity index (χ4n) is 5.77. The Labute approximate surface area is 225 Å². The zero-order chi connectivity index (χ0) is 27.4. The van der Waals surface area contributed by atoms with Crippen molar-refractivity contribution in [2.75, 3.05) is 6.61 Å². The van der Waals surface area contributed by atoms with Gasteiger partial charge in [0.1, 0.15) is 24.9 Å². The highest BCUT2D eigenvalue weighted by atomic mass is 16.8. The van der Waals surface area contributed by atoms with E-state index in [1.165, 1.54) is 6.92 Å². The second-order valence-electron chi connectivity index (χ2n) is 11.6. The lowest BCUT2D eigenvalue weighted by atomic mass is 9.75. The van der Waals surface area contributed by atoms with E-state index in [4.69, 9.17) is 28.4 Å². The molecular weight excluding hydrogens is 490 g/mol. The third-order valence-corrected chi connectivity index (χ3v) is 7.73. The largest absolute Gasteiger partial charge is 0.457 e. The second kappa shape index (κ2) is 12.3. The van der Waals surface area contributed by atoms with Gasteiger partial charge in [0, 0.05) is 6.92 Å². The summed E-state index contributed by atoms with van der Waals surface area (Å²) >= 11 is 0. The van der Waals surface area contributed by atoms with Crippen LogP contribution in [0.3, 0.4) is 0 Å². The molecule has 4 rings (SSSR count). The molecule has 38 heavy (non-hydrogen) atoms. The number of amides is 1. The number of carbonyl (C=O) groups is 2. The second-order valence-corrected chi connectivity index (χ2v) is 11.6. The first kappa shape index (κ1) is 28.8. The summed E-state index contributed by atoms with van der Waals surface area (Å²) in [4.78, 5) is 25.3. The maximum atomic E-state index is 13.0. The fraction of sp³-hybridized carbons (Fsp3) is 0.724. The Balaban J connectivity index is 1.58. The third-order valence-electron chi connectivity index (χ3n) is 7.73. The van der Waals surface area contributed by atoms with Gasteiger partial charge in [-0.25, -0.2) is 4.79 Å². The SMILES string of the molecule is CC(=O)O[C@@H]1[C@H](NC(=O)OCc2ccccc2)[C@@H](O[C@@H]2C[C@H](C)CC[C@H]2C(C)C)O[C@@H]2COC(C)(C)O[C@@H]12. The molecule has 1 amide bonds. The van der Waals surface area contributed by atoms with Gasteiger partial charge in [0.05, 0.1) is 12.7 Å². The number of hydrogen-bond acceptors (Lipinski definition) is 8. The van der Waals surface area contributed by atoms with E-state index in [0.717, 1.165) is 24.8 Å².